The number of hydrogen-bond acceptors (Lipinski definition) is 4. The van der Waals surface area contributed by atoms with E-state index < -0.39 is 5.97 Å². The van der Waals surface area contributed by atoms with Crippen molar-refractivity contribution in [2.45, 2.75) is 0 Å². The van der Waals surface area contributed by atoms with Crippen LogP contribution in [0.2, 0.25) is 0 Å². The highest BCUT2D eigenvalue weighted by Crippen LogP contribution is 1.96. The highest BCUT2D eigenvalue weighted by Gasteiger charge is 1.96. The first-order valence-corrected chi connectivity index (χ1v) is 3.72. The fourth-order valence-electron chi connectivity index (χ4n) is 0.581. The lowest BCUT2D eigenvalue weighted by Crippen LogP contribution is -1.93. The van der Waals surface area contributed by atoms with Crippen LogP contribution >= 0.6 is 0 Å². The van der Waals surface area contributed by atoms with Gasteiger partial charge in [0.25, 0.3) is 0 Å². The van der Waals surface area contributed by atoms with E-state index in [9.17, 15) is 4.79 Å². The maximum atomic E-state index is 10.2. The molecule has 0 aliphatic heterocycles. The second kappa shape index (κ2) is 9.66. The Labute approximate surface area is 82.2 Å². The Morgan fingerprint density at radius 1 is 1.07 bits per heavy atom. The van der Waals surface area contributed by atoms with Crippen molar-refractivity contribution in [1.29, 1.82) is 0 Å². The molecule has 1 aromatic carbocycles. The van der Waals surface area contributed by atoms with Gasteiger partial charge in [0.05, 0.1) is 18.8 Å². The quantitative estimate of drug-likeness (QED) is 0.557. The van der Waals surface area contributed by atoms with Crippen molar-refractivity contribution in [3.8, 4) is 0 Å². The number of carboxylic acid groups (broad SMARTS) is 1. The maximum Gasteiger partial charge on any atom is 0.335 e. The highest BCUT2D eigenvalue weighted by molar-refractivity contribution is 5.87. The first-order chi connectivity index (χ1) is 6.22. The van der Waals surface area contributed by atoms with Gasteiger partial charge in [-0.05, 0) is 12.1 Å². The first kappa shape index (κ1) is 15.1. The Hall–Kier alpha value is -1.43. The summed E-state index contributed by atoms with van der Waals surface area (Å²) in [7, 11) is 0. The number of aromatic carboxylic acids is 1. The second-order valence-electron chi connectivity index (χ2n) is 2.12. The molecule has 0 aromatic heterocycles. The Kier molecular flexibility index (Phi) is 10.4. The third-order valence-corrected chi connectivity index (χ3v) is 1.12. The van der Waals surface area contributed by atoms with Gasteiger partial charge in [-0.2, -0.15) is 0 Å². The predicted molar refractivity (Wildman–Crippen MR) is 52.6 cm³/mol. The molecule has 0 unspecified atom stereocenters. The number of aliphatic hydroxyl groups is 2. The summed E-state index contributed by atoms with van der Waals surface area (Å²) < 4.78 is 0. The molecule has 0 radical (unpaired) electrons. The van der Waals surface area contributed by atoms with Gasteiger partial charge in [-0.25, -0.2) is 4.79 Å². The average molecular weight is 201 g/mol. The predicted octanol–water partition coefficient (Wildman–Crippen LogP) is 0.518. The van der Waals surface area contributed by atoms with Gasteiger partial charge in [0.1, 0.15) is 0 Å². The molecule has 5 nitrogen and oxygen atoms in total. The van der Waals surface area contributed by atoms with Crippen molar-refractivity contribution >= 4 is 5.97 Å². The zero-order chi connectivity index (χ0) is 10.1. The molecule has 0 spiro atoms. The van der Waals surface area contributed by atoms with E-state index in [1.165, 1.54) is 0 Å². The number of benzene rings is 1. The normalized spacial score (nSPS) is 7.86. The lowest BCUT2D eigenvalue weighted by Gasteiger charge is -1.88. The van der Waals surface area contributed by atoms with Crippen molar-refractivity contribution in [3.63, 3.8) is 0 Å². The Morgan fingerprint density at radius 3 is 1.71 bits per heavy atom. The van der Waals surface area contributed by atoms with Gasteiger partial charge < -0.3 is 21.5 Å². The molecule has 14 heavy (non-hydrogen) atoms. The molecule has 0 saturated carbocycles. The number of hydrogen-bond donors (Lipinski definition) is 4. The minimum Gasteiger partial charge on any atom is -0.478 e. The van der Waals surface area contributed by atoms with E-state index in [0.717, 1.165) is 0 Å². The largest absolute Gasteiger partial charge is 0.478 e. The number of aliphatic hydroxyl groups excluding tert-OH is 2. The standard InChI is InChI=1S/C7H6O2.C2H6O2.H3N/c8-7(9)6-4-2-1-3-5-6;3-1-2-4;/h1-5H,(H,8,9);3-4H,1-2H2;1H3. The SMILES string of the molecule is N.O=C(O)c1ccccc1.OCCO. The summed E-state index contributed by atoms with van der Waals surface area (Å²) >= 11 is 0. The molecule has 0 aliphatic rings. The van der Waals surface area contributed by atoms with Crippen LogP contribution in [0.1, 0.15) is 10.4 Å². The summed E-state index contributed by atoms with van der Waals surface area (Å²) in [6.45, 7) is -0.250. The number of carbonyl (C=O) groups is 1. The fourth-order valence-corrected chi connectivity index (χ4v) is 0.581. The van der Waals surface area contributed by atoms with E-state index in [2.05, 4.69) is 0 Å². The van der Waals surface area contributed by atoms with E-state index in [0.29, 0.717) is 5.56 Å². The summed E-state index contributed by atoms with van der Waals surface area (Å²) in [4.78, 5) is 10.2. The van der Waals surface area contributed by atoms with Gasteiger partial charge in [0.15, 0.2) is 0 Å². The van der Waals surface area contributed by atoms with Crippen LogP contribution < -0.4 is 6.15 Å². The molecule has 0 heterocycles. The van der Waals surface area contributed by atoms with Gasteiger partial charge >= 0.3 is 5.97 Å². The van der Waals surface area contributed by atoms with Crippen LogP contribution in [0.25, 0.3) is 0 Å². The molecule has 0 atom stereocenters. The molecule has 0 amide bonds. The van der Waals surface area contributed by atoms with E-state index in [1.807, 2.05) is 0 Å². The van der Waals surface area contributed by atoms with Crippen molar-refractivity contribution in [1.82, 2.24) is 6.15 Å². The van der Waals surface area contributed by atoms with Crippen LogP contribution in [0.5, 0.6) is 0 Å². The van der Waals surface area contributed by atoms with Crippen LogP contribution in [0, 0.1) is 0 Å². The summed E-state index contributed by atoms with van der Waals surface area (Å²) in [5, 5.41) is 23.6. The number of rotatable bonds is 2. The summed E-state index contributed by atoms with van der Waals surface area (Å²) in [5.74, 6) is -0.879. The van der Waals surface area contributed by atoms with E-state index in [1.54, 1.807) is 30.3 Å². The lowest BCUT2D eigenvalue weighted by atomic mass is 10.2. The second-order valence-corrected chi connectivity index (χ2v) is 2.12. The lowest BCUT2D eigenvalue weighted by molar-refractivity contribution is 0.0697. The van der Waals surface area contributed by atoms with Gasteiger partial charge in [-0.1, -0.05) is 18.2 Å². The molecule has 6 N–H and O–H groups in total. The third-order valence-electron chi connectivity index (χ3n) is 1.12. The number of carboxylic acids is 1. The summed E-state index contributed by atoms with van der Waals surface area (Å²) in [5.41, 5.74) is 0.331. The van der Waals surface area contributed by atoms with Crippen molar-refractivity contribution in [2.75, 3.05) is 13.2 Å². The highest BCUT2D eigenvalue weighted by atomic mass is 16.4. The van der Waals surface area contributed by atoms with Gasteiger partial charge in [-0.3, -0.25) is 0 Å². The molecular weight excluding hydrogens is 186 g/mol. The molecule has 80 valence electrons. The van der Waals surface area contributed by atoms with Gasteiger partial charge in [0, 0.05) is 0 Å². The Bertz CT molecular complexity index is 236. The van der Waals surface area contributed by atoms with Gasteiger partial charge in [0.2, 0.25) is 0 Å². The molecule has 0 bridgehead atoms. The minimum absolute atomic E-state index is 0. The average Bonchev–Trinajstić information content (AvgIpc) is 2.19. The van der Waals surface area contributed by atoms with Crippen molar-refractivity contribution in [2.24, 2.45) is 0 Å². The smallest absolute Gasteiger partial charge is 0.335 e. The van der Waals surface area contributed by atoms with Crippen LogP contribution in [-0.2, 0) is 0 Å². The minimum atomic E-state index is -0.879. The first-order valence-electron chi connectivity index (χ1n) is 3.72. The van der Waals surface area contributed by atoms with Crippen molar-refractivity contribution in [3.05, 3.63) is 35.9 Å². The topological polar surface area (TPSA) is 113 Å². The van der Waals surface area contributed by atoms with Crippen LogP contribution in [0.4, 0.5) is 0 Å². The monoisotopic (exact) mass is 201 g/mol. The summed E-state index contributed by atoms with van der Waals surface area (Å²) in [6, 6.07) is 8.30. The maximum absolute atomic E-state index is 10.2. The molecular formula is C9H15NO4. The Morgan fingerprint density at radius 2 is 1.50 bits per heavy atom. The van der Waals surface area contributed by atoms with Gasteiger partial charge in [-0.15, -0.1) is 0 Å². The molecule has 0 fully saturated rings. The van der Waals surface area contributed by atoms with E-state index in [4.69, 9.17) is 15.3 Å². The molecule has 0 aliphatic carbocycles. The van der Waals surface area contributed by atoms with Crippen LogP contribution in [-0.4, -0.2) is 34.5 Å². The third kappa shape index (κ3) is 7.23. The van der Waals surface area contributed by atoms with Crippen LogP contribution in [0.3, 0.4) is 0 Å². The zero-order valence-corrected chi connectivity index (χ0v) is 7.76. The molecule has 5 heteroatoms. The van der Waals surface area contributed by atoms with Crippen LogP contribution in [0.15, 0.2) is 30.3 Å². The molecule has 0 saturated heterocycles. The molecule has 1 aromatic rings. The fraction of sp³-hybridized carbons (Fsp3) is 0.222. The zero-order valence-electron chi connectivity index (χ0n) is 7.76. The summed E-state index contributed by atoms with van der Waals surface area (Å²) in [6.07, 6.45) is 0. The van der Waals surface area contributed by atoms with E-state index >= 15 is 0 Å². The Balaban J connectivity index is 0. The van der Waals surface area contributed by atoms with E-state index in [-0.39, 0.29) is 19.4 Å². The molecule has 1 rings (SSSR count). The van der Waals surface area contributed by atoms with Crippen molar-refractivity contribution < 1.29 is 20.1 Å².